The van der Waals surface area contributed by atoms with E-state index in [9.17, 15) is 25.0 Å². The van der Waals surface area contributed by atoms with Crippen LogP contribution in [0.5, 0.6) is 11.5 Å². The van der Waals surface area contributed by atoms with E-state index in [1.54, 1.807) is 36.4 Å². The molecule has 0 bridgehead atoms. The van der Waals surface area contributed by atoms with Gasteiger partial charge in [0, 0.05) is 11.6 Å². The van der Waals surface area contributed by atoms with Crippen LogP contribution < -0.4 is 10.1 Å². The summed E-state index contributed by atoms with van der Waals surface area (Å²) in [6.07, 6.45) is 0. The molecule has 0 radical (unpaired) electrons. The zero-order chi connectivity index (χ0) is 21.8. The molecule has 0 atom stereocenters. The van der Waals surface area contributed by atoms with Gasteiger partial charge in [0.2, 0.25) is 0 Å². The number of aryl methyl sites for hydroxylation is 1. The summed E-state index contributed by atoms with van der Waals surface area (Å²) in [5.74, 6) is 0.191. The fourth-order valence-corrected chi connectivity index (χ4v) is 2.80. The van der Waals surface area contributed by atoms with Gasteiger partial charge in [-0.3, -0.25) is 25.0 Å². The summed E-state index contributed by atoms with van der Waals surface area (Å²) in [4.78, 5) is 33.7. The number of rotatable bonds is 6. The number of hydrogen-bond donors (Lipinski definition) is 1. The molecule has 152 valence electrons. The van der Waals surface area contributed by atoms with Gasteiger partial charge < -0.3 is 10.1 Å². The van der Waals surface area contributed by atoms with Gasteiger partial charge in [-0.15, -0.1) is 0 Å². The molecule has 0 spiro atoms. The average Bonchev–Trinajstić information content (AvgIpc) is 2.70. The first kappa shape index (κ1) is 20.5. The van der Waals surface area contributed by atoms with E-state index in [0.29, 0.717) is 17.2 Å². The summed E-state index contributed by atoms with van der Waals surface area (Å²) >= 11 is 0. The summed E-state index contributed by atoms with van der Waals surface area (Å²) in [6.45, 7) is 3.31. The van der Waals surface area contributed by atoms with E-state index >= 15 is 0 Å². The van der Waals surface area contributed by atoms with Crippen LogP contribution in [0, 0.1) is 34.1 Å². The Morgan fingerprint density at radius 3 is 2.23 bits per heavy atom. The van der Waals surface area contributed by atoms with Gasteiger partial charge >= 0.3 is 0 Å². The summed E-state index contributed by atoms with van der Waals surface area (Å²) < 4.78 is 5.82. The fourth-order valence-electron chi connectivity index (χ4n) is 2.80. The highest BCUT2D eigenvalue weighted by molar-refractivity contribution is 6.07. The molecule has 0 saturated carbocycles. The van der Waals surface area contributed by atoms with Gasteiger partial charge in [0.05, 0.1) is 27.2 Å². The van der Waals surface area contributed by atoms with Crippen LogP contribution in [0.1, 0.15) is 21.5 Å². The minimum Gasteiger partial charge on any atom is -0.455 e. The van der Waals surface area contributed by atoms with Crippen LogP contribution in [0.2, 0.25) is 0 Å². The highest BCUT2D eigenvalue weighted by atomic mass is 16.6. The predicted octanol–water partition coefficient (Wildman–Crippen LogP) is 5.16. The van der Waals surface area contributed by atoms with Gasteiger partial charge in [-0.2, -0.15) is 0 Å². The maximum atomic E-state index is 12.8. The van der Waals surface area contributed by atoms with Crippen LogP contribution in [0.3, 0.4) is 0 Å². The van der Waals surface area contributed by atoms with Crippen LogP contribution in [0.4, 0.5) is 17.1 Å². The summed E-state index contributed by atoms with van der Waals surface area (Å²) in [6, 6.07) is 15.8. The summed E-state index contributed by atoms with van der Waals surface area (Å²) in [5.41, 5.74) is 0.199. The average molecular weight is 407 g/mol. The van der Waals surface area contributed by atoms with Crippen molar-refractivity contribution in [3.05, 3.63) is 97.6 Å². The normalized spacial score (nSPS) is 10.3. The molecule has 30 heavy (non-hydrogen) atoms. The molecule has 9 nitrogen and oxygen atoms in total. The lowest BCUT2D eigenvalue weighted by Gasteiger charge is -2.13. The van der Waals surface area contributed by atoms with Crippen molar-refractivity contribution in [3.8, 4) is 11.5 Å². The third-order valence-electron chi connectivity index (χ3n) is 4.40. The molecule has 0 fully saturated rings. The monoisotopic (exact) mass is 407 g/mol. The van der Waals surface area contributed by atoms with E-state index in [-0.39, 0.29) is 11.1 Å². The second kappa shape index (κ2) is 8.39. The standard InChI is InChI=1S/C21H17N3O6/c1-13-7-9-16(10-8-13)30-20-6-4-3-5-18(20)22-21(25)17-11-15(23(26)27)12-19(14(17)2)24(28)29/h3-12H,1-2H3,(H,22,25). The topological polar surface area (TPSA) is 125 Å². The number of amides is 1. The van der Waals surface area contributed by atoms with Crippen molar-refractivity contribution in [1.82, 2.24) is 0 Å². The van der Waals surface area contributed by atoms with Crippen molar-refractivity contribution in [2.24, 2.45) is 0 Å². The van der Waals surface area contributed by atoms with Gasteiger partial charge in [0.15, 0.2) is 5.75 Å². The van der Waals surface area contributed by atoms with Crippen molar-refractivity contribution in [2.45, 2.75) is 13.8 Å². The molecule has 0 aliphatic heterocycles. The number of nitro benzene ring substituents is 2. The lowest BCUT2D eigenvalue weighted by molar-refractivity contribution is -0.394. The van der Waals surface area contributed by atoms with Crippen LogP contribution in [0.15, 0.2) is 60.7 Å². The Kier molecular flexibility index (Phi) is 5.73. The SMILES string of the molecule is Cc1ccc(Oc2ccccc2NC(=O)c2cc([N+](=O)[O-])cc([N+](=O)[O-])c2C)cc1. The molecule has 1 amide bonds. The predicted molar refractivity (Wildman–Crippen MR) is 110 cm³/mol. The van der Waals surface area contributed by atoms with Crippen molar-refractivity contribution in [1.29, 1.82) is 0 Å². The molecule has 0 aromatic heterocycles. The number of carbonyl (C=O) groups is 1. The highest BCUT2D eigenvalue weighted by Crippen LogP contribution is 2.32. The van der Waals surface area contributed by atoms with E-state index in [4.69, 9.17) is 4.74 Å². The zero-order valence-corrected chi connectivity index (χ0v) is 16.1. The summed E-state index contributed by atoms with van der Waals surface area (Å²) in [5, 5.41) is 25.0. The molecule has 3 rings (SSSR count). The first-order valence-electron chi connectivity index (χ1n) is 8.84. The van der Waals surface area contributed by atoms with E-state index in [1.165, 1.54) is 6.92 Å². The number of carbonyl (C=O) groups excluding carboxylic acids is 1. The smallest absolute Gasteiger partial charge is 0.279 e. The number of nitrogens with zero attached hydrogens (tertiary/aromatic N) is 2. The fraction of sp³-hybridized carbons (Fsp3) is 0.0952. The Balaban J connectivity index is 1.94. The third-order valence-corrected chi connectivity index (χ3v) is 4.40. The van der Waals surface area contributed by atoms with E-state index < -0.39 is 27.1 Å². The molecule has 0 aliphatic rings. The minimum absolute atomic E-state index is 0.0278. The van der Waals surface area contributed by atoms with Crippen molar-refractivity contribution >= 4 is 23.0 Å². The maximum Gasteiger partial charge on any atom is 0.279 e. The van der Waals surface area contributed by atoms with Gasteiger partial charge in [0.1, 0.15) is 5.75 Å². The molecular weight excluding hydrogens is 390 g/mol. The number of hydrogen-bond acceptors (Lipinski definition) is 6. The number of benzene rings is 3. The molecule has 0 aliphatic carbocycles. The van der Waals surface area contributed by atoms with Crippen LogP contribution >= 0.6 is 0 Å². The largest absolute Gasteiger partial charge is 0.455 e. The highest BCUT2D eigenvalue weighted by Gasteiger charge is 2.25. The van der Waals surface area contributed by atoms with Crippen LogP contribution in [0.25, 0.3) is 0 Å². The number of para-hydroxylation sites is 2. The van der Waals surface area contributed by atoms with E-state index in [0.717, 1.165) is 17.7 Å². The molecule has 3 aromatic rings. The number of nitrogens with one attached hydrogen (secondary N) is 1. The first-order chi connectivity index (χ1) is 14.3. The van der Waals surface area contributed by atoms with Gasteiger partial charge in [-0.25, -0.2) is 0 Å². The Morgan fingerprint density at radius 2 is 1.60 bits per heavy atom. The maximum absolute atomic E-state index is 12.8. The molecular formula is C21H17N3O6. The number of ether oxygens (including phenoxy) is 1. The quantitative estimate of drug-likeness (QED) is 0.444. The number of anilines is 1. The molecule has 0 unspecified atom stereocenters. The second-order valence-electron chi connectivity index (χ2n) is 6.52. The van der Waals surface area contributed by atoms with Crippen molar-refractivity contribution in [3.63, 3.8) is 0 Å². The van der Waals surface area contributed by atoms with Gasteiger partial charge in [-0.05, 0) is 38.1 Å². The Hall–Kier alpha value is -4.27. The lowest BCUT2D eigenvalue weighted by Crippen LogP contribution is -2.15. The molecule has 3 aromatic carbocycles. The number of non-ortho nitro benzene ring substituents is 1. The minimum atomic E-state index is -0.780. The second-order valence-corrected chi connectivity index (χ2v) is 6.52. The number of nitro groups is 2. The first-order valence-corrected chi connectivity index (χ1v) is 8.84. The van der Waals surface area contributed by atoms with Crippen molar-refractivity contribution < 1.29 is 19.4 Å². The van der Waals surface area contributed by atoms with Crippen LogP contribution in [-0.4, -0.2) is 15.8 Å². The van der Waals surface area contributed by atoms with Gasteiger partial charge in [-0.1, -0.05) is 29.8 Å². The molecule has 9 heteroatoms. The van der Waals surface area contributed by atoms with Crippen LogP contribution in [-0.2, 0) is 0 Å². The molecule has 0 saturated heterocycles. The Bertz CT molecular complexity index is 1140. The van der Waals surface area contributed by atoms with Gasteiger partial charge in [0.25, 0.3) is 17.3 Å². The van der Waals surface area contributed by atoms with E-state index in [2.05, 4.69) is 5.32 Å². The van der Waals surface area contributed by atoms with E-state index in [1.807, 2.05) is 19.1 Å². The Labute approximate surface area is 171 Å². The summed E-state index contributed by atoms with van der Waals surface area (Å²) in [7, 11) is 0. The third kappa shape index (κ3) is 4.41. The zero-order valence-electron chi connectivity index (χ0n) is 16.1. The molecule has 1 N–H and O–H groups in total. The Morgan fingerprint density at radius 1 is 0.933 bits per heavy atom. The lowest BCUT2D eigenvalue weighted by atomic mass is 10.0. The van der Waals surface area contributed by atoms with Crippen molar-refractivity contribution in [2.75, 3.05) is 5.32 Å². The molecule has 0 heterocycles.